The Labute approximate surface area is 131 Å². The Hall–Kier alpha value is -1.80. The molecule has 1 aliphatic heterocycles. The van der Waals surface area contributed by atoms with Gasteiger partial charge in [-0.15, -0.1) is 0 Å². The predicted octanol–water partition coefficient (Wildman–Crippen LogP) is 4.74. The molecule has 22 heavy (non-hydrogen) atoms. The van der Waals surface area contributed by atoms with Gasteiger partial charge in [0.2, 0.25) is 0 Å². The molecule has 2 aromatic carbocycles. The van der Waals surface area contributed by atoms with E-state index >= 15 is 0 Å². The molecule has 5 rings (SSSR count). The van der Waals surface area contributed by atoms with Crippen molar-refractivity contribution in [2.75, 3.05) is 5.06 Å². The molecule has 1 spiro atoms. The van der Waals surface area contributed by atoms with Crippen LogP contribution in [0.5, 0.6) is 0 Å². The summed E-state index contributed by atoms with van der Waals surface area (Å²) in [4.78, 5) is 6.56. The third kappa shape index (κ3) is 1.83. The minimum atomic E-state index is 0.222. The first-order valence-corrected chi connectivity index (χ1v) is 8.44. The molecule has 112 valence electrons. The van der Waals surface area contributed by atoms with Crippen LogP contribution in [0.15, 0.2) is 60.7 Å². The molecule has 1 saturated heterocycles. The lowest BCUT2D eigenvalue weighted by molar-refractivity contribution is 0.0637. The number of hydrogen-bond donors (Lipinski definition) is 0. The van der Waals surface area contributed by atoms with Crippen molar-refractivity contribution >= 4 is 5.69 Å². The van der Waals surface area contributed by atoms with Gasteiger partial charge in [-0.1, -0.05) is 48.5 Å². The number of rotatable bonds is 3. The van der Waals surface area contributed by atoms with E-state index in [-0.39, 0.29) is 6.10 Å². The lowest BCUT2D eigenvalue weighted by Crippen LogP contribution is -2.35. The summed E-state index contributed by atoms with van der Waals surface area (Å²) in [5.41, 5.74) is 2.89. The lowest BCUT2D eigenvalue weighted by Gasteiger charge is -2.27. The van der Waals surface area contributed by atoms with E-state index in [2.05, 4.69) is 65.7 Å². The normalized spacial score (nSPS) is 29.0. The highest BCUT2D eigenvalue weighted by Gasteiger charge is 2.66. The molecule has 0 N–H and O–H groups in total. The van der Waals surface area contributed by atoms with Crippen molar-refractivity contribution < 1.29 is 4.84 Å². The Morgan fingerprint density at radius 3 is 2.09 bits per heavy atom. The highest BCUT2D eigenvalue weighted by molar-refractivity contribution is 5.48. The smallest absolute Gasteiger partial charge is 0.118 e. The fraction of sp³-hybridized carbons (Fsp3) is 0.400. The van der Waals surface area contributed by atoms with Gasteiger partial charge in [0.15, 0.2) is 0 Å². The highest BCUT2D eigenvalue weighted by atomic mass is 16.7. The molecular weight excluding hydrogens is 270 g/mol. The standard InChI is InChI=1S/C20H21NO/c1-3-7-16(8-4-1)19-20(13-14-20)18(15-11-12-15)21(22-19)17-9-5-2-6-10-17/h1-10,15,18-19H,11-14H2/t18-,19-/m1/s1. The molecule has 3 aliphatic rings. The molecule has 3 fully saturated rings. The number of anilines is 1. The minimum Gasteiger partial charge on any atom is -0.264 e. The Balaban J connectivity index is 1.56. The molecule has 2 heteroatoms. The fourth-order valence-electron chi connectivity index (χ4n) is 4.26. The summed E-state index contributed by atoms with van der Waals surface area (Å²) in [6.07, 6.45) is 5.55. The van der Waals surface area contributed by atoms with Crippen LogP contribution in [-0.2, 0) is 4.84 Å². The Bertz CT molecular complexity index is 661. The van der Waals surface area contributed by atoms with E-state index in [1.54, 1.807) is 0 Å². The molecule has 2 saturated carbocycles. The molecule has 2 nitrogen and oxygen atoms in total. The Morgan fingerprint density at radius 2 is 1.50 bits per heavy atom. The summed E-state index contributed by atoms with van der Waals surface area (Å²) in [5, 5.41) is 2.25. The second-order valence-corrected chi connectivity index (χ2v) is 7.07. The van der Waals surface area contributed by atoms with Gasteiger partial charge in [-0.05, 0) is 49.3 Å². The Kier molecular flexibility index (Phi) is 2.66. The summed E-state index contributed by atoms with van der Waals surface area (Å²) >= 11 is 0. The number of hydrogen-bond acceptors (Lipinski definition) is 2. The van der Waals surface area contributed by atoms with Crippen LogP contribution in [0.4, 0.5) is 5.69 Å². The summed E-state index contributed by atoms with van der Waals surface area (Å²) in [7, 11) is 0. The van der Waals surface area contributed by atoms with Gasteiger partial charge in [0.25, 0.3) is 0 Å². The first-order valence-electron chi connectivity index (χ1n) is 8.44. The molecule has 2 aromatic rings. The van der Waals surface area contributed by atoms with Crippen LogP contribution in [0, 0.1) is 11.3 Å². The summed E-state index contributed by atoms with van der Waals surface area (Å²) < 4.78 is 0. The molecule has 2 aliphatic carbocycles. The second kappa shape index (κ2) is 4.60. The quantitative estimate of drug-likeness (QED) is 0.810. The molecule has 0 unspecified atom stereocenters. The second-order valence-electron chi connectivity index (χ2n) is 7.07. The van der Waals surface area contributed by atoms with E-state index in [1.165, 1.54) is 36.9 Å². The van der Waals surface area contributed by atoms with Gasteiger partial charge in [-0.2, -0.15) is 0 Å². The fourth-order valence-corrected chi connectivity index (χ4v) is 4.26. The summed E-state index contributed by atoms with van der Waals surface area (Å²) in [5.74, 6) is 0.816. The van der Waals surface area contributed by atoms with Crippen LogP contribution in [0.25, 0.3) is 0 Å². The summed E-state index contributed by atoms with van der Waals surface area (Å²) in [6, 6.07) is 22.0. The zero-order chi connectivity index (χ0) is 14.6. The average Bonchev–Trinajstić information content (AvgIpc) is 3.49. The van der Waals surface area contributed by atoms with Gasteiger partial charge in [0.1, 0.15) is 6.10 Å². The van der Waals surface area contributed by atoms with Crippen LogP contribution in [0.3, 0.4) is 0 Å². The van der Waals surface area contributed by atoms with Crippen LogP contribution < -0.4 is 5.06 Å². The molecule has 0 amide bonds. The molecule has 2 atom stereocenters. The van der Waals surface area contributed by atoms with E-state index < -0.39 is 0 Å². The van der Waals surface area contributed by atoms with Gasteiger partial charge in [-0.25, -0.2) is 5.06 Å². The van der Waals surface area contributed by atoms with Gasteiger partial charge in [0.05, 0.1) is 11.7 Å². The largest absolute Gasteiger partial charge is 0.264 e. The third-order valence-electron chi connectivity index (χ3n) is 5.59. The molecule has 0 bridgehead atoms. The minimum absolute atomic E-state index is 0.222. The zero-order valence-electron chi connectivity index (χ0n) is 12.7. The van der Waals surface area contributed by atoms with E-state index in [0.717, 1.165) is 5.92 Å². The maximum absolute atomic E-state index is 6.56. The van der Waals surface area contributed by atoms with Crippen LogP contribution in [-0.4, -0.2) is 6.04 Å². The van der Waals surface area contributed by atoms with Crippen molar-refractivity contribution in [1.29, 1.82) is 0 Å². The number of nitrogens with zero attached hydrogens (tertiary/aromatic N) is 1. The number of hydroxylamine groups is 1. The average molecular weight is 291 g/mol. The topological polar surface area (TPSA) is 12.5 Å². The maximum Gasteiger partial charge on any atom is 0.118 e. The van der Waals surface area contributed by atoms with Gasteiger partial charge in [-0.3, -0.25) is 4.84 Å². The van der Waals surface area contributed by atoms with Crippen molar-refractivity contribution in [3.63, 3.8) is 0 Å². The van der Waals surface area contributed by atoms with Crippen molar-refractivity contribution in [2.45, 2.75) is 37.8 Å². The lowest BCUT2D eigenvalue weighted by atomic mass is 9.84. The Morgan fingerprint density at radius 1 is 0.864 bits per heavy atom. The van der Waals surface area contributed by atoms with Crippen LogP contribution in [0.1, 0.15) is 37.4 Å². The zero-order valence-corrected chi connectivity index (χ0v) is 12.7. The van der Waals surface area contributed by atoms with Crippen LogP contribution in [0.2, 0.25) is 0 Å². The van der Waals surface area contributed by atoms with Crippen molar-refractivity contribution in [3.05, 3.63) is 66.2 Å². The number of benzene rings is 2. The van der Waals surface area contributed by atoms with Crippen molar-refractivity contribution in [3.8, 4) is 0 Å². The van der Waals surface area contributed by atoms with Gasteiger partial charge < -0.3 is 0 Å². The van der Waals surface area contributed by atoms with Gasteiger partial charge in [0, 0.05) is 5.41 Å². The molecule has 0 radical (unpaired) electrons. The van der Waals surface area contributed by atoms with E-state index in [0.29, 0.717) is 11.5 Å². The maximum atomic E-state index is 6.56. The SMILES string of the molecule is c1ccc([C@H]2ON(c3ccccc3)[C@H](C3CC3)C23CC3)cc1. The van der Waals surface area contributed by atoms with E-state index in [9.17, 15) is 0 Å². The predicted molar refractivity (Wildman–Crippen MR) is 87.4 cm³/mol. The summed E-state index contributed by atoms with van der Waals surface area (Å²) in [6.45, 7) is 0. The first kappa shape index (κ1) is 12.7. The first-order chi connectivity index (χ1) is 10.9. The van der Waals surface area contributed by atoms with Crippen LogP contribution >= 0.6 is 0 Å². The van der Waals surface area contributed by atoms with E-state index in [1.807, 2.05) is 0 Å². The molecule has 0 aromatic heterocycles. The van der Waals surface area contributed by atoms with Crippen molar-refractivity contribution in [1.82, 2.24) is 0 Å². The third-order valence-corrected chi connectivity index (χ3v) is 5.59. The van der Waals surface area contributed by atoms with Crippen molar-refractivity contribution in [2.24, 2.45) is 11.3 Å². The highest BCUT2D eigenvalue weighted by Crippen LogP contribution is 2.68. The van der Waals surface area contributed by atoms with E-state index in [4.69, 9.17) is 4.84 Å². The molecule has 1 heterocycles. The number of para-hydroxylation sites is 1. The van der Waals surface area contributed by atoms with Gasteiger partial charge >= 0.3 is 0 Å². The monoisotopic (exact) mass is 291 g/mol. The molecular formula is C20H21NO.